The average Bonchev–Trinajstić information content (AvgIpc) is 3.56. The fourth-order valence-corrected chi connectivity index (χ4v) is 4.84. The Labute approximate surface area is 196 Å². The van der Waals surface area contributed by atoms with Crippen LogP contribution in [0.1, 0.15) is 0 Å². The van der Waals surface area contributed by atoms with Gasteiger partial charge in [0, 0.05) is 34.7 Å². The Morgan fingerprint density at radius 3 is 2.30 bits per heavy atom. The van der Waals surface area contributed by atoms with Crippen molar-refractivity contribution in [2.45, 2.75) is 0 Å². The molecule has 3 aromatic heterocycles. The van der Waals surface area contributed by atoms with Gasteiger partial charge in [-0.15, -0.1) is 0 Å². The average molecular weight is 445 g/mol. The summed E-state index contributed by atoms with van der Waals surface area (Å²) < 4.78 is 7.98. The van der Waals surface area contributed by atoms with Gasteiger partial charge in [-0.05, 0) is 66.1 Å². The van der Waals surface area contributed by atoms with Crippen LogP contribution in [-0.2, 0) is 0 Å². The number of hydrogen-bond donors (Lipinski definition) is 0. The van der Waals surface area contributed by atoms with Crippen LogP contribution in [0.25, 0.3) is 27.2 Å². The molecule has 0 spiro atoms. The van der Waals surface area contributed by atoms with Crippen LogP contribution < -0.4 is 4.90 Å². The molecule has 6 rings (SSSR count). The quantitative estimate of drug-likeness (QED) is 0.274. The van der Waals surface area contributed by atoms with Crippen LogP contribution in [0.4, 0.5) is 17.2 Å². The minimum atomic E-state index is 0.854. The maximum absolute atomic E-state index is 4.99. The summed E-state index contributed by atoms with van der Waals surface area (Å²) in [7, 11) is 0. The molecule has 0 radical (unpaired) electrons. The van der Waals surface area contributed by atoms with Crippen molar-refractivity contribution in [1.29, 1.82) is 0 Å². The zero-order valence-corrected chi connectivity index (χ0v) is 18.6. The number of para-hydroxylation sites is 1. The van der Waals surface area contributed by atoms with E-state index in [0.29, 0.717) is 0 Å². The first-order chi connectivity index (χ1) is 16.4. The van der Waals surface area contributed by atoms with Crippen molar-refractivity contribution in [3.63, 3.8) is 0 Å². The Morgan fingerprint density at radius 2 is 1.42 bits per heavy atom. The highest BCUT2D eigenvalue weighted by molar-refractivity contribution is 7.13. The van der Waals surface area contributed by atoms with E-state index in [1.165, 1.54) is 21.6 Å². The van der Waals surface area contributed by atoms with Crippen LogP contribution in [0.2, 0.25) is 0 Å². The summed E-state index contributed by atoms with van der Waals surface area (Å²) in [5, 5.41) is 1.18. The number of nitrogens with zero attached hydrogens (tertiary/aromatic N) is 4. The summed E-state index contributed by atoms with van der Waals surface area (Å²) in [4.78, 5) is 7.17. The van der Waals surface area contributed by atoms with Gasteiger partial charge in [-0.1, -0.05) is 54.6 Å². The van der Waals surface area contributed by atoms with E-state index in [1.54, 1.807) is 0 Å². The highest BCUT2D eigenvalue weighted by Crippen LogP contribution is 2.37. The van der Waals surface area contributed by atoms with Crippen LogP contribution in [0, 0.1) is 0 Å². The monoisotopic (exact) mass is 444 g/mol. The zero-order chi connectivity index (χ0) is 22.0. The van der Waals surface area contributed by atoms with Crippen molar-refractivity contribution in [1.82, 2.24) is 13.9 Å². The Kier molecular flexibility index (Phi) is 4.94. The third-order valence-electron chi connectivity index (χ3n) is 5.59. The van der Waals surface area contributed by atoms with Gasteiger partial charge in [-0.2, -0.15) is 4.37 Å². The predicted octanol–water partition coefficient (Wildman–Crippen LogP) is 7.62. The minimum absolute atomic E-state index is 0.854. The molecule has 0 aliphatic heterocycles. The first kappa shape index (κ1) is 19.5. The van der Waals surface area contributed by atoms with Gasteiger partial charge >= 0.3 is 0 Å². The number of fused-ring (bicyclic) bond motifs is 1. The fraction of sp³-hybridized carbons (Fsp3) is 0. The summed E-state index contributed by atoms with van der Waals surface area (Å²) in [5.74, 6) is 1.73. The maximum Gasteiger partial charge on any atom is 0.140 e. The Hall–Kier alpha value is -4.22. The lowest BCUT2D eigenvalue weighted by molar-refractivity contribution is 0.999. The van der Waals surface area contributed by atoms with Gasteiger partial charge in [0.25, 0.3) is 0 Å². The molecule has 0 aliphatic rings. The van der Waals surface area contributed by atoms with Gasteiger partial charge < -0.3 is 4.57 Å². The SMILES string of the molecule is c1ccc(N(c2cccc(-c3nsc4ccccc34)c2)c2cccc(-n3cccc3)n2)cc1. The molecular formula is C28H20N4S. The number of pyridine rings is 1. The summed E-state index contributed by atoms with van der Waals surface area (Å²) in [6, 6.07) is 37.4. The summed E-state index contributed by atoms with van der Waals surface area (Å²) >= 11 is 1.54. The van der Waals surface area contributed by atoms with Crippen molar-refractivity contribution in [2.75, 3.05) is 4.90 Å². The lowest BCUT2D eigenvalue weighted by Crippen LogP contribution is -2.12. The van der Waals surface area contributed by atoms with E-state index in [4.69, 9.17) is 9.36 Å². The first-order valence-electron chi connectivity index (χ1n) is 10.8. The molecule has 0 unspecified atom stereocenters. The summed E-state index contributed by atoms with van der Waals surface area (Å²) in [6.45, 7) is 0. The van der Waals surface area contributed by atoms with E-state index < -0.39 is 0 Å². The maximum atomic E-state index is 4.99. The van der Waals surface area contributed by atoms with Gasteiger partial charge in [-0.25, -0.2) is 4.98 Å². The Morgan fingerprint density at radius 1 is 0.667 bits per heavy atom. The molecule has 0 saturated carbocycles. The lowest BCUT2D eigenvalue weighted by Gasteiger charge is -2.25. The van der Waals surface area contributed by atoms with Crippen LogP contribution in [0.15, 0.2) is 122 Å². The molecular weight excluding hydrogens is 424 g/mol. The molecule has 3 heterocycles. The number of hydrogen-bond acceptors (Lipinski definition) is 4. The van der Waals surface area contributed by atoms with Gasteiger partial charge in [0.15, 0.2) is 0 Å². The normalized spacial score (nSPS) is 11.0. The molecule has 6 aromatic rings. The number of aromatic nitrogens is 3. The minimum Gasteiger partial charge on any atom is -0.309 e. The molecule has 3 aromatic carbocycles. The second-order valence-corrected chi connectivity index (χ2v) is 8.50. The van der Waals surface area contributed by atoms with Crippen molar-refractivity contribution in [2.24, 2.45) is 0 Å². The van der Waals surface area contributed by atoms with Crippen molar-refractivity contribution >= 4 is 38.8 Å². The molecule has 0 amide bonds. The number of anilines is 3. The van der Waals surface area contributed by atoms with Crippen LogP contribution in [0.5, 0.6) is 0 Å². The number of benzene rings is 3. The smallest absolute Gasteiger partial charge is 0.140 e. The van der Waals surface area contributed by atoms with Crippen LogP contribution in [0.3, 0.4) is 0 Å². The van der Waals surface area contributed by atoms with E-state index in [2.05, 4.69) is 77.7 Å². The first-order valence-corrected chi connectivity index (χ1v) is 11.5. The van der Waals surface area contributed by atoms with Crippen molar-refractivity contribution in [3.05, 3.63) is 122 Å². The van der Waals surface area contributed by atoms with Crippen molar-refractivity contribution in [3.8, 4) is 17.1 Å². The van der Waals surface area contributed by atoms with Crippen LogP contribution in [-0.4, -0.2) is 13.9 Å². The molecule has 0 aliphatic carbocycles. The van der Waals surface area contributed by atoms with Gasteiger partial charge in [0.1, 0.15) is 11.6 Å². The molecule has 0 saturated heterocycles. The van der Waals surface area contributed by atoms with E-state index in [1.807, 2.05) is 53.4 Å². The number of rotatable bonds is 5. The highest BCUT2D eigenvalue weighted by atomic mass is 32.1. The summed E-state index contributed by atoms with van der Waals surface area (Å²) in [6.07, 6.45) is 4.01. The Bertz CT molecular complexity index is 1520. The highest BCUT2D eigenvalue weighted by Gasteiger charge is 2.16. The van der Waals surface area contributed by atoms with E-state index in [0.717, 1.165) is 34.3 Å². The molecule has 4 nitrogen and oxygen atoms in total. The summed E-state index contributed by atoms with van der Waals surface area (Å²) in [5.41, 5.74) is 4.19. The van der Waals surface area contributed by atoms with Gasteiger partial charge in [0.05, 0.1) is 10.4 Å². The molecule has 0 fully saturated rings. The third kappa shape index (κ3) is 3.69. The third-order valence-corrected chi connectivity index (χ3v) is 6.41. The van der Waals surface area contributed by atoms with E-state index in [-0.39, 0.29) is 0 Å². The predicted molar refractivity (Wildman–Crippen MR) is 137 cm³/mol. The molecule has 33 heavy (non-hydrogen) atoms. The van der Waals surface area contributed by atoms with E-state index >= 15 is 0 Å². The zero-order valence-electron chi connectivity index (χ0n) is 17.7. The Balaban J connectivity index is 1.50. The molecule has 5 heteroatoms. The molecule has 158 valence electrons. The fourth-order valence-electron chi connectivity index (χ4n) is 4.04. The second kappa shape index (κ2) is 8.37. The molecule has 0 N–H and O–H groups in total. The van der Waals surface area contributed by atoms with Gasteiger partial charge in [0.2, 0.25) is 0 Å². The second-order valence-electron chi connectivity index (χ2n) is 7.69. The van der Waals surface area contributed by atoms with E-state index in [9.17, 15) is 0 Å². The topological polar surface area (TPSA) is 34.0 Å². The lowest BCUT2D eigenvalue weighted by atomic mass is 10.1. The standard InChI is InChI=1S/C28H20N4S/c1-2-11-22(12-3-1)32(27-17-9-16-26(29-27)31-18-6-7-19-31)23-13-8-10-21(20-23)28-24-14-4-5-15-25(24)33-30-28/h1-20H. The van der Waals surface area contributed by atoms with Gasteiger partial charge in [-0.3, -0.25) is 4.90 Å². The largest absolute Gasteiger partial charge is 0.309 e. The molecule has 0 bridgehead atoms. The van der Waals surface area contributed by atoms with Crippen LogP contribution >= 0.6 is 11.5 Å². The van der Waals surface area contributed by atoms with Crippen molar-refractivity contribution < 1.29 is 0 Å². The molecule has 0 atom stereocenters.